The lowest BCUT2D eigenvalue weighted by atomic mass is 9.98. The molecule has 116 valence electrons. The van der Waals surface area contributed by atoms with Gasteiger partial charge in [0.05, 0.1) is 16.3 Å². The second-order valence-electron chi connectivity index (χ2n) is 5.96. The fourth-order valence-corrected chi connectivity index (χ4v) is 3.92. The predicted molar refractivity (Wildman–Crippen MR) is 86.6 cm³/mol. The summed E-state index contributed by atoms with van der Waals surface area (Å²) in [5, 5.41) is 0. The molecule has 0 aliphatic heterocycles. The topological polar surface area (TPSA) is 52.0 Å². The van der Waals surface area contributed by atoms with E-state index in [-0.39, 0.29) is 16.3 Å². The highest BCUT2D eigenvalue weighted by molar-refractivity contribution is 7.91. The first-order chi connectivity index (χ1) is 9.72. The molecular weight excluding hydrogens is 308 g/mol. The average Bonchev–Trinajstić information content (AvgIpc) is 2.76. The Labute approximate surface area is 131 Å². The molecule has 2 rings (SSSR count). The van der Waals surface area contributed by atoms with Crippen molar-refractivity contribution in [3.8, 4) is 0 Å². The first-order valence-electron chi connectivity index (χ1n) is 6.99. The van der Waals surface area contributed by atoms with Crippen molar-refractivity contribution in [3.05, 3.63) is 24.0 Å². The summed E-state index contributed by atoms with van der Waals surface area (Å²) in [6.45, 7) is 6.38. The molecule has 21 heavy (non-hydrogen) atoms. The number of rotatable bonds is 5. The minimum atomic E-state index is -3.32. The molecule has 0 atom stereocenters. The number of nitrogens with zero attached hydrogens (tertiary/aromatic N) is 2. The lowest BCUT2D eigenvalue weighted by molar-refractivity contribution is 0.326. The second kappa shape index (κ2) is 5.61. The quantitative estimate of drug-likeness (QED) is 0.786. The van der Waals surface area contributed by atoms with Crippen molar-refractivity contribution in [2.75, 3.05) is 6.26 Å². The third-order valence-electron chi connectivity index (χ3n) is 3.70. The van der Waals surface area contributed by atoms with Gasteiger partial charge in [-0.25, -0.2) is 13.4 Å². The van der Waals surface area contributed by atoms with Crippen LogP contribution in [0.1, 0.15) is 39.4 Å². The Balaban J connectivity index is 2.84. The van der Waals surface area contributed by atoms with Gasteiger partial charge in [0.1, 0.15) is 11.3 Å². The molecule has 0 spiro atoms. The van der Waals surface area contributed by atoms with Crippen LogP contribution in [-0.2, 0) is 21.3 Å². The van der Waals surface area contributed by atoms with E-state index in [0.29, 0.717) is 11.3 Å². The lowest BCUT2D eigenvalue weighted by Crippen LogP contribution is -2.27. The molecule has 1 aromatic carbocycles. The highest BCUT2D eigenvalue weighted by Gasteiger charge is 2.27. The van der Waals surface area contributed by atoms with Gasteiger partial charge in [0.2, 0.25) is 0 Å². The van der Waals surface area contributed by atoms with Gasteiger partial charge in [-0.3, -0.25) is 0 Å². The molecule has 1 heterocycles. The van der Waals surface area contributed by atoms with Crippen LogP contribution in [0.4, 0.5) is 0 Å². The number of imidazole rings is 1. The summed E-state index contributed by atoms with van der Waals surface area (Å²) in [6.07, 6.45) is 3.20. The summed E-state index contributed by atoms with van der Waals surface area (Å²) >= 11 is 6.04. The van der Waals surface area contributed by atoms with Crippen LogP contribution in [-0.4, -0.2) is 24.2 Å². The SMILES string of the molecule is CCCC(C)(C)n1c(CCl)nc2c(S(C)(=O)=O)cccc21. The van der Waals surface area contributed by atoms with Crippen LogP contribution in [0.15, 0.2) is 23.1 Å². The number of aromatic nitrogens is 2. The van der Waals surface area contributed by atoms with Crippen molar-refractivity contribution in [1.29, 1.82) is 0 Å². The standard InChI is InChI=1S/C15H21ClN2O2S/c1-5-9-15(2,3)18-11-7-6-8-12(21(4,19)20)14(11)17-13(18)10-16/h6-8H,5,9-10H2,1-4H3. The van der Waals surface area contributed by atoms with Gasteiger partial charge in [-0.1, -0.05) is 19.4 Å². The Kier molecular flexibility index (Phi) is 4.36. The highest BCUT2D eigenvalue weighted by atomic mass is 35.5. The Morgan fingerprint density at radius 1 is 1.33 bits per heavy atom. The molecular formula is C15H21ClN2O2S. The number of fused-ring (bicyclic) bond motifs is 1. The Morgan fingerprint density at radius 3 is 2.52 bits per heavy atom. The number of benzene rings is 1. The maximum atomic E-state index is 11.9. The van der Waals surface area contributed by atoms with Gasteiger partial charge in [-0.15, -0.1) is 11.6 Å². The number of alkyl halides is 1. The average molecular weight is 329 g/mol. The van der Waals surface area contributed by atoms with Gasteiger partial charge in [0, 0.05) is 11.8 Å². The zero-order valence-electron chi connectivity index (χ0n) is 12.9. The molecule has 0 radical (unpaired) electrons. The highest BCUT2D eigenvalue weighted by Crippen LogP contribution is 2.32. The van der Waals surface area contributed by atoms with Crippen molar-refractivity contribution in [1.82, 2.24) is 9.55 Å². The van der Waals surface area contributed by atoms with E-state index in [0.717, 1.165) is 18.4 Å². The molecule has 0 unspecified atom stereocenters. The van der Waals surface area contributed by atoms with Crippen molar-refractivity contribution in [2.45, 2.75) is 49.9 Å². The zero-order valence-corrected chi connectivity index (χ0v) is 14.4. The summed E-state index contributed by atoms with van der Waals surface area (Å²) in [5.74, 6) is 0.964. The van der Waals surface area contributed by atoms with Crippen LogP contribution in [0.5, 0.6) is 0 Å². The van der Waals surface area contributed by atoms with Crippen LogP contribution >= 0.6 is 11.6 Å². The molecule has 1 aromatic heterocycles. The van der Waals surface area contributed by atoms with Crippen LogP contribution < -0.4 is 0 Å². The van der Waals surface area contributed by atoms with Crippen molar-refractivity contribution >= 4 is 32.5 Å². The second-order valence-corrected chi connectivity index (χ2v) is 8.21. The molecule has 0 aliphatic rings. The van der Waals surface area contributed by atoms with E-state index in [4.69, 9.17) is 11.6 Å². The summed E-state index contributed by atoms with van der Waals surface area (Å²) in [6, 6.07) is 5.27. The maximum Gasteiger partial charge on any atom is 0.177 e. The number of halogens is 1. The Bertz CT molecular complexity index is 763. The summed E-state index contributed by atoms with van der Waals surface area (Å²) < 4.78 is 26.0. The molecule has 0 aliphatic carbocycles. The van der Waals surface area contributed by atoms with Gasteiger partial charge in [-0.2, -0.15) is 0 Å². The molecule has 6 heteroatoms. The normalized spacial score (nSPS) is 13.0. The third-order valence-corrected chi connectivity index (χ3v) is 5.07. The molecule has 0 amide bonds. The van der Waals surface area contributed by atoms with Gasteiger partial charge in [0.15, 0.2) is 9.84 Å². The summed E-state index contributed by atoms with van der Waals surface area (Å²) in [5.41, 5.74) is 1.18. The van der Waals surface area contributed by atoms with E-state index in [2.05, 4.69) is 30.3 Å². The van der Waals surface area contributed by atoms with Gasteiger partial charge >= 0.3 is 0 Å². The minimum Gasteiger partial charge on any atom is -0.321 e. The van der Waals surface area contributed by atoms with E-state index in [1.54, 1.807) is 12.1 Å². The van der Waals surface area contributed by atoms with Crippen LogP contribution in [0.3, 0.4) is 0 Å². The van der Waals surface area contributed by atoms with Crippen molar-refractivity contribution in [3.63, 3.8) is 0 Å². The monoisotopic (exact) mass is 328 g/mol. The Morgan fingerprint density at radius 2 is 2.00 bits per heavy atom. The molecule has 2 aromatic rings. The van der Waals surface area contributed by atoms with Crippen LogP contribution in [0.2, 0.25) is 0 Å². The van der Waals surface area contributed by atoms with E-state index < -0.39 is 9.84 Å². The fourth-order valence-electron chi connectivity index (χ4n) is 2.91. The fraction of sp³-hybridized carbons (Fsp3) is 0.533. The van der Waals surface area contributed by atoms with Crippen molar-refractivity contribution < 1.29 is 8.42 Å². The lowest BCUT2D eigenvalue weighted by Gasteiger charge is -2.29. The number of hydrogen-bond donors (Lipinski definition) is 0. The molecule has 4 nitrogen and oxygen atoms in total. The van der Waals surface area contributed by atoms with E-state index >= 15 is 0 Å². The molecule has 0 saturated carbocycles. The summed E-state index contributed by atoms with van der Waals surface area (Å²) in [7, 11) is -3.32. The zero-order chi connectivity index (χ0) is 15.8. The number of para-hydroxylation sites is 1. The van der Waals surface area contributed by atoms with Crippen LogP contribution in [0.25, 0.3) is 11.0 Å². The molecule has 0 bridgehead atoms. The minimum absolute atomic E-state index is 0.163. The summed E-state index contributed by atoms with van der Waals surface area (Å²) in [4.78, 5) is 4.76. The van der Waals surface area contributed by atoms with E-state index in [1.807, 2.05) is 6.07 Å². The maximum absolute atomic E-state index is 11.9. The van der Waals surface area contributed by atoms with E-state index in [1.165, 1.54) is 6.26 Å². The smallest absolute Gasteiger partial charge is 0.177 e. The molecule has 0 saturated heterocycles. The van der Waals surface area contributed by atoms with Gasteiger partial charge in [0.25, 0.3) is 0 Å². The predicted octanol–water partition coefficient (Wildman–Crippen LogP) is 3.71. The number of sulfone groups is 1. The van der Waals surface area contributed by atoms with Crippen LogP contribution in [0, 0.1) is 0 Å². The van der Waals surface area contributed by atoms with Crippen molar-refractivity contribution in [2.24, 2.45) is 0 Å². The largest absolute Gasteiger partial charge is 0.321 e. The Hall–Kier alpha value is -1.07. The van der Waals surface area contributed by atoms with E-state index in [9.17, 15) is 8.42 Å². The van der Waals surface area contributed by atoms with Gasteiger partial charge < -0.3 is 4.57 Å². The molecule has 0 fully saturated rings. The van der Waals surface area contributed by atoms with Gasteiger partial charge in [-0.05, 0) is 32.4 Å². The number of hydrogen-bond acceptors (Lipinski definition) is 3. The first-order valence-corrected chi connectivity index (χ1v) is 9.42. The molecule has 0 N–H and O–H groups in total. The first kappa shape index (κ1) is 16.3. The third kappa shape index (κ3) is 2.94.